The fourth-order valence-electron chi connectivity index (χ4n) is 4.43. The van der Waals surface area contributed by atoms with E-state index in [0.29, 0.717) is 47.0 Å². The first-order valence-corrected chi connectivity index (χ1v) is 12.6. The molecular weight excluding hydrogens is 482 g/mol. The number of nitrogens with zero attached hydrogens (tertiary/aromatic N) is 3. The van der Waals surface area contributed by atoms with E-state index in [9.17, 15) is 9.90 Å². The van der Waals surface area contributed by atoms with Crippen molar-refractivity contribution in [2.24, 2.45) is 0 Å². The summed E-state index contributed by atoms with van der Waals surface area (Å²) in [6.07, 6.45) is 8.23. The van der Waals surface area contributed by atoms with Gasteiger partial charge in [0.2, 0.25) is 0 Å². The predicted octanol–water partition coefficient (Wildman–Crippen LogP) is 3.42. The minimum absolute atomic E-state index is 0.172. The van der Waals surface area contributed by atoms with Gasteiger partial charge in [0, 0.05) is 44.0 Å². The summed E-state index contributed by atoms with van der Waals surface area (Å²) >= 11 is 6.45. The molecule has 0 bridgehead atoms. The van der Waals surface area contributed by atoms with Crippen molar-refractivity contribution < 1.29 is 19.1 Å². The van der Waals surface area contributed by atoms with Gasteiger partial charge in [-0.15, -0.1) is 0 Å². The number of halogens is 1. The zero-order valence-electron chi connectivity index (χ0n) is 20.0. The second kappa shape index (κ2) is 11.3. The number of hydrogen-bond acceptors (Lipinski definition) is 8. The Morgan fingerprint density at radius 2 is 2.19 bits per heavy atom. The number of oxazole rings is 1. The summed E-state index contributed by atoms with van der Waals surface area (Å²) in [7, 11) is 0. The number of hydrogen-bond donors (Lipinski definition) is 3. The number of β-amino-alcohol motifs (C(OH)–C–C–N with tert-alkyl or cyclic N) is 1. The number of aliphatic hydroxyl groups excluding tert-OH is 1. The third-order valence-corrected chi connectivity index (χ3v) is 6.94. The number of pyridine rings is 1. The number of carbonyl (C=O) groups is 1. The molecule has 36 heavy (non-hydrogen) atoms. The second-order valence-electron chi connectivity index (χ2n) is 9.36. The lowest BCUT2D eigenvalue weighted by molar-refractivity contribution is 0.0841. The number of aliphatic hydroxyl groups is 1. The summed E-state index contributed by atoms with van der Waals surface area (Å²) in [4.78, 5) is 22.9. The monoisotopic (exact) mass is 511 g/mol. The fraction of sp³-hybridized carbons (Fsp3) is 0.423. The van der Waals surface area contributed by atoms with Gasteiger partial charge in [-0.1, -0.05) is 11.6 Å². The van der Waals surface area contributed by atoms with E-state index >= 15 is 0 Å². The molecule has 1 amide bonds. The van der Waals surface area contributed by atoms with Crippen molar-refractivity contribution in [3.8, 4) is 5.75 Å². The highest BCUT2D eigenvalue weighted by molar-refractivity contribution is 6.32. The Labute approximate surface area is 214 Å². The van der Waals surface area contributed by atoms with E-state index in [2.05, 4.69) is 25.5 Å². The van der Waals surface area contributed by atoms with Crippen LogP contribution in [-0.4, -0.2) is 57.7 Å². The number of rotatable bonds is 10. The van der Waals surface area contributed by atoms with Crippen LogP contribution in [0.1, 0.15) is 46.5 Å². The van der Waals surface area contributed by atoms with E-state index in [1.807, 2.05) is 12.1 Å². The molecule has 190 valence electrons. The maximum absolute atomic E-state index is 12.6. The van der Waals surface area contributed by atoms with E-state index in [0.717, 1.165) is 31.4 Å². The Kier molecular flexibility index (Phi) is 7.69. The van der Waals surface area contributed by atoms with Gasteiger partial charge in [-0.2, -0.15) is 0 Å². The lowest BCUT2D eigenvalue weighted by atomic mass is 9.93. The number of ether oxygens (including phenoxy) is 1. The summed E-state index contributed by atoms with van der Waals surface area (Å²) < 4.78 is 11.0. The Balaban J connectivity index is 1.10. The van der Waals surface area contributed by atoms with Gasteiger partial charge in [-0.05, 0) is 61.1 Å². The van der Waals surface area contributed by atoms with Gasteiger partial charge >= 0.3 is 0 Å². The Bertz CT molecular complexity index is 1190. The zero-order chi connectivity index (χ0) is 24.9. The van der Waals surface area contributed by atoms with Crippen molar-refractivity contribution in [1.29, 1.82) is 0 Å². The first kappa shape index (κ1) is 24.5. The number of fused-ring (bicyclic) bond motifs is 1. The highest BCUT2D eigenvalue weighted by Crippen LogP contribution is 2.32. The summed E-state index contributed by atoms with van der Waals surface area (Å²) in [5, 5.41) is 17.3. The molecule has 2 aliphatic rings. The Morgan fingerprint density at radius 3 is 2.97 bits per heavy atom. The van der Waals surface area contributed by atoms with Crippen LogP contribution in [0.15, 0.2) is 47.5 Å². The number of carbonyl (C=O) groups excluding carboxylic acids is 1. The highest BCUT2D eigenvalue weighted by atomic mass is 35.5. The number of benzene rings is 1. The first-order chi connectivity index (χ1) is 17.5. The third kappa shape index (κ3) is 6.16. The predicted molar refractivity (Wildman–Crippen MR) is 135 cm³/mol. The smallest absolute Gasteiger partial charge is 0.251 e. The fourth-order valence-corrected chi connectivity index (χ4v) is 4.67. The molecule has 9 nitrogen and oxygen atoms in total. The lowest BCUT2D eigenvalue weighted by Crippen LogP contribution is -2.42. The quantitative estimate of drug-likeness (QED) is 0.379. The molecule has 1 fully saturated rings. The summed E-state index contributed by atoms with van der Waals surface area (Å²) in [5.74, 6) is 1.74. The van der Waals surface area contributed by atoms with E-state index in [-0.39, 0.29) is 19.1 Å². The molecule has 5 rings (SSSR count). The van der Waals surface area contributed by atoms with Crippen molar-refractivity contribution in [1.82, 2.24) is 20.2 Å². The molecule has 1 aliphatic heterocycles. The molecule has 3 heterocycles. The van der Waals surface area contributed by atoms with Gasteiger partial charge < -0.3 is 24.9 Å². The van der Waals surface area contributed by atoms with Crippen LogP contribution in [0, 0.1) is 0 Å². The van der Waals surface area contributed by atoms with Crippen LogP contribution < -0.4 is 15.4 Å². The van der Waals surface area contributed by atoms with Crippen LogP contribution in [0.2, 0.25) is 5.02 Å². The number of anilines is 1. The SMILES string of the molecule is O=C(NC[C@H](O)CN1CCc2cc(OCc3cnco3)c(Cl)cc2C1)c1ccnc(NC2CCC2)c1. The van der Waals surface area contributed by atoms with Gasteiger partial charge in [-0.25, -0.2) is 9.97 Å². The minimum atomic E-state index is -0.690. The Hall–Kier alpha value is -3.14. The van der Waals surface area contributed by atoms with Crippen molar-refractivity contribution in [3.63, 3.8) is 0 Å². The molecule has 10 heteroatoms. The molecule has 0 unspecified atom stereocenters. The standard InChI is InChI=1S/C26H30ClN5O4/c27-23-8-19-13-32(7-5-17(19)9-24(23)35-15-22-12-28-16-36-22)14-21(33)11-30-26(34)18-4-6-29-25(10-18)31-20-2-1-3-20/h4,6,8-10,12,16,20-21,33H,1-3,5,7,11,13-15H2,(H,29,31)(H,30,34)/t21-/m0/s1. The van der Waals surface area contributed by atoms with E-state index < -0.39 is 6.10 Å². The van der Waals surface area contributed by atoms with Crippen molar-refractivity contribution in [3.05, 3.63) is 70.5 Å². The number of aromatic nitrogens is 2. The molecule has 1 saturated carbocycles. The molecule has 1 aliphatic carbocycles. The van der Waals surface area contributed by atoms with Gasteiger partial charge in [0.05, 0.1) is 17.3 Å². The number of amides is 1. The van der Waals surface area contributed by atoms with Crippen LogP contribution in [0.25, 0.3) is 0 Å². The van der Waals surface area contributed by atoms with Crippen molar-refractivity contribution >= 4 is 23.3 Å². The second-order valence-corrected chi connectivity index (χ2v) is 9.77. The highest BCUT2D eigenvalue weighted by Gasteiger charge is 2.22. The molecule has 2 aromatic heterocycles. The van der Waals surface area contributed by atoms with E-state index in [1.165, 1.54) is 18.4 Å². The van der Waals surface area contributed by atoms with E-state index in [1.54, 1.807) is 24.5 Å². The van der Waals surface area contributed by atoms with Crippen LogP contribution in [0.5, 0.6) is 5.75 Å². The van der Waals surface area contributed by atoms with Crippen LogP contribution in [0.4, 0.5) is 5.82 Å². The third-order valence-electron chi connectivity index (χ3n) is 6.65. The van der Waals surface area contributed by atoms with Gasteiger partial charge in [0.25, 0.3) is 5.91 Å². The summed E-state index contributed by atoms with van der Waals surface area (Å²) in [6, 6.07) is 7.79. The van der Waals surface area contributed by atoms with Crippen LogP contribution >= 0.6 is 11.6 Å². The van der Waals surface area contributed by atoms with Gasteiger partial charge in [0.1, 0.15) is 18.2 Å². The van der Waals surface area contributed by atoms with Gasteiger partial charge in [0.15, 0.2) is 12.2 Å². The normalized spacial score (nSPS) is 16.6. The zero-order valence-corrected chi connectivity index (χ0v) is 20.7. The van der Waals surface area contributed by atoms with Crippen LogP contribution in [-0.2, 0) is 19.6 Å². The number of nitrogens with one attached hydrogen (secondary N) is 2. The molecule has 0 spiro atoms. The molecule has 1 atom stereocenters. The summed E-state index contributed by atoms with van der Waals surface area (Å²) in [5.41, 5.74) is 2.81. The molecule has 0 saturated heterocycles. The average molecular weight is 512 g/mol. The summed E-state index contributed by atoms with van der Waals surface area (Å²) in [6.45, 7) is 2.35. The molecule has 0 radical (unpaired) electrons. The maximum atomic E-state index is 12.6. The molecule has 3 aromatic rings. The molecular formula is C26H30ClN5O4. The van der Waals surface area contributed by atoms with Crippen molar-refractivity contribution in [2.45, 2.75) is 51.0 Å². The molecule has 3 N–H and O–H groups in total. The van der Waals surface area contributed by atoms with Crippen molar-refractivity contribution in [2.75, 3.05) is 25.0 Å². The lowest BCUT2D eigenvalue weighted by Gasteiger charge is -2.31. The molecule has 1 aromatic carbocycles. The van der Waals surface area contributed by atoms with Crippen LogP contribution in [0.3, 0.4) is 0 Å². The largest absolute Gasteiger partial charge is 0.484 e. The minimum Gasteiger partial charge on any atom is -0.484 e. The first-order valence-electron chi connectivity index (χ1n) is 12.3. The van der Waals surface area contributed by atoms with Gasteiger partial charge in [-0.3, -0.25) is 9.69 Å². The Morgan fingerprint density at radius 1 is 1.31 bits per heavy atom. The average Bonchev–Trinajstić information content (AvgIpc) is 3.37. The van der Waals surface area contributed by atoms with E-state index in [4.69, 9.17) is 20.8 Å². The topological polar surface area (TPSA) is 113 Å². The maximum Gasteiger partial charge on any atom is 0.251 e.